The molecule has 1 N–H and O–H groups in total. The van der Waals surface area contributed by atoms with Gasteiger partial charge in [-0.15, -0.1) is 0 Å². The van der Waals surface area contributed by atoms with E-state index in [-0.39, 0.29) is 24.4 Å². The molecule has 0 aliphatic heterocycles. The molecule has 0 fully saturated rings. The van der Waals surface area contributed by atoms with Crippen molar-refractivity contribution in [3.05, 3.63) is 110 Å². The van der Waals surface area contributed by atoms with Crippen LogP contribution in [0.2, 0.25) is 0 Å². The predicted molar refractivity (Wildman–Crippen MR) is 134 cm³/mol. The number of hydrazone groups is 1. The van der Waals surface area contributed by atoms with Gasteiger partial charge in [-0.05, 0) is 37.6 Å². The van der Waals surface area contributed by atoms with Gasteiger partial charge in [0.2, 0.25) is 5.91 Å². The van der Waals surface area contributed by atoms with Crippen LogP contribution in [-0.2, 0) is 17.8 Å². The van der Waals surface area contributed by atoms with Crippen molar-refractivity contribution in [2.45, 2.75) is 26.8 Å². The Morgan fingerprint density at radius 2 is 1.79 bits per heavy atom. The molecular weight excluding hydrogens is 499 g/mol. The summed E-state index contributed by atoms with van der Waals surface area (Å²) in [6.45, 7) is 3.76. The first-order valence-corrected chi connectivity index (χ1v) is 11.4. The number of fused-ring (bicyclic) bond motifs is 1. The van der Waals surface area contributed by atoms with Crippen molar-refractivity contribution in [2.75, 3.05) is 0 Å². The van der Waals surface area contributed by atoms with Crippen molar-refractivity contribution in [2.24, 2.45) is 5.10 Å². The molecule has 0 bridgehead atoms. The van der Waals surface area contributed by atoms with E-state index in [1.165, 1.54) is 10.7 Å². The van der Waals surface area contributed by atoms with Gasteiger partial charge < -0.3 is 0 Å². The molecule has 0 aliphatic rings. The Labute approximate surface area is 204 Å². The van der Waals surface area contributed by atoms with Crippen LogP contribution in [0.5, 0.6) is 0 Å². The highest BCUT2D eigenvalue weighted by molar-refractivity contribution is 9.10. The van der Waals surface area contributed by atoms with Crippen LogP contribution < -0.4 is 11.0 Å². The minimum atomic E-state index is -0.448. The van der Waals surface area contributed by atoms with Crippen molar-refractivity contribution in [3.8, 4) is 0 Å². The highest BCUT2D eigenvalue weighted by Crippen LogP contribution is 2.18. The van der Waals surface area contributed by atoms with Gasteiger partial charge in [-0.3, -0.25) is 9.59 Å². The summed E-state index contributed by atoms with van der Waals surface area (Å²) in [6, 6.07) is 19.4. The van der Waals surface area contributed by atoms with Gasteiger partial charge in [0.05, 0.1) is 29.8 Å². The number of benzene rings is 3. The first kappa shape index (κ1) is 23.5. The molecule has 0 radical (unpaired) electrons. The van der Waals surface area contributed by atoms with Crippen LogP contribution in [0.4, 0.5) is 4.39 Å². The van der Waals surface area contributed by atoms with Gasteiger partial charge in [-0.2, -0.15) is 10.2 Å². The summed E-state index contributed by atoms with van der Waals surface area (Å²) in [5.41, 5.74) is 5.65. The molecule has 0 atom stereocenters. The number of carbonyl (C=O) groups excluding carboxylic acids is 1. The lowest BCUT2D eigenvalue weighted by Crippen LogP contribution is -2.28. The van der Waals surface area contributed by atoms with Crippen molar-refractivity contribution in [1.82, 2.24) is 15.2 Å². The number of hydrogen-bond donors (Lipinski definition) is 1. The van der Waals surface area contributed by atoms with E-state index in [9.17, 15) is 14.0 Å². The number of nitrogens with one attached hydrogen (secondary N) is 1. The molecule has 0 aliphatic carbocycles. The summed E-state index contributed by atoms with van der Waals surface area (Å²) in [5, 5.41) is 9.60. The fourth-order valence-electron chi connectivity index (χ4n) is 3.55. The number of aromatic nitrogens is 2. The van der Waals surface area contributed by atoms with Gasteiger partial charge >= 0.3 is 0 Å². The molecule has 8 heteroatoms. The fourth-order valence-corrected chi connectivity index (χ4v) is 3.88. The van der Waals surface area contributed by atoms with Gasteiger partial charge in [0.25, 0.3) is 5.56 Å². The van der Waals surface area contributed by atoms with E-state index in [0.717, 1.165) is 11.1 Å². The Kier molecular flexibility index (Phi) is 6.98. The second-order valence-corrected chi connectivity index (χ2v) is 8.88. The Balaban J connectivity index is 1.62. The maximum Gasteiger partial charge on any atom is 0.274 e. The maximum absolute atomic E-state index is 14.4. The van der Waals surface area contributed by atoms with Crippen LogP contribution in [-0.4, -0.2) is 21.4 Å². The Bertz CT molecular complexity index is 1460. The number of rotatable bonds is 6. The third-order valence-electron chi connectivity index (χ3n) is 5.43. The van der Waals surface area contributed by atoms with Crippen molar-refractivity contribution >= 4 is 38.3 Å². The largest absolute Gasteiger partial charge is 0.274 e. The van der Waals surface area contributed by atoms with Gasteiger partial charge in [-0.1, -0.05) is 70.0 Å². The number of aryl methyl sites for hydroxylation is 1. The SMILES string of the molecule is C/C(=N\NC(=O)Cc1nn(Cc2ccc(Br)cc2F)c(=O)c2ccccc12)c1ccc(C)cc1. The van der Waals surface area contributed by atoms with Crippen LogP contribution in [0.1, 0.15) is 29.3 Å². The summed E-state index contributed by atoms with van der Waals surface area (Å²) in [7, 11) is 0. The number of halogens is 2. The molecule has 1 heterocycles. The third kappa shape index (κ3) is 5.28. The molecule has 0 spiro atoms. The average Bonchev–Trinajstić information content (AvgIpc) is 2.82. The van der Waals surface area contributed by atoms with Gasteiger partial charge in [0, 0.05) is 15.4 Å². The number of amides is 1. The van der Waals surface area contributed by atoms with E-state index in [0.29, 0.717) is 32.2 Å². The minimum Gasteiger partial charge on any atom is -0.273 e. The molecule has 1 amide bonds. The zero-order chi connectivity index (χ0) is 24.2. The lowest BCUT2D eigenvalue weighted by molar-refractivity contribution is -0.120. The summed E-state index contributed by atoms with van der Waals surface area (Å²) in [5.74, 6) is -0.819. The van der Waals surface area contributed by atoms with Crippen LogP contribution in [0.25, 0.3) is 10.8 Å². The van der Waals surface area contributed by atoms with Crippen LogP contribution in [0.15, 0.2) is 81.1 Å². The Hall–Kier alpha value is -3.65. The maximum atomic E-state index is 14.4. The molecule has 172 valence electrons. The van der Waals surface area contributed by atoms with E-state index in [2.05, 4.69) is 31.6 Å². The summed E-state index contributed by atoms with van der Waals surface area (Å²) < 4.78 is 16.2. The molecule has 4 aromatic rings. The predicted octanol–water partition coefficient (Wildman–Crippen LogP) is 4.74. The van der Waals surface area contributed by atoms with E-state index in [1.54, 1.807) is 36.4 Å². The van der Waals surface area contributed by atoms with Crippen molar-refractivity contribution in [3.63, 3.8) is 0 Å². The first-order chi connectivity index (χ1) is 16.3. The molecule has 0 saturated carbocycles. The smallest absolute Gasteiger partial charge is 0.273 e. The molecule has 0 saturated heterocycles. The molecule has 4 rings (SSSR count). The molecule has 0 unspecified atom stereocenters. The average molecular weight is 521 g/mol. The van der Waals surface area contributed by atoms with E-state index < -0.39 is 5.82 Å². The zero-order valence-corrected chi connectivity index (χ0v) is 20.3. The third-order valence-corrected chi connectivity index (χ3v) is 5.92. The van der Waals surface area contributed by atoms with Crippen molar-refractivity contribution < 1.29 is 9.18 Å². The van der Waals surface area contributed by atoms with E-state index in [4.69, 9.17) is 0 Å². The number of carbonyl (C=O) groups is 1. The Morgan fingerprint density at radius 3 is 2.50 bits per heavy atom. The molecular formula is C26H22BrFN4O2. The Morgan fingerprint density at radius 1 is 1.09 bits per heavy atom. The summed E-state index contributed by atoms with van der Waals surface area (Å²) in [4.78, 5) is 25.7. The monoisotopic (exact) mass is 520 g/mol. The normalized spacial score (nSPS) is 11.6. The highest BCUT2D eigenvalue weighted by atomic mass is 79.9. The summed E-state index contributed by atoms with van der Waals surface area (Å²) >= 11 is 3.23. The minimum absolute atomic E-state index is 0.0535. The van der Waals surface area contributed by atoms with E-state index in [1.807, 2.05) is 38.1 Å². The second kappa shape index (κ2) is 10.1. The van der Waals surface area contributed by atoms with Crippen molar-refractivity contribution in [1.29, 1.82) is 0 Å². The standard InChI is InChI=1S/C26H22BrFN4O2/c1-16-7-9-18(10-8-16)17(2)29-30-25(33)14-24-21-5-3-4-6-22(21)26(34)32(31-24)15-19-11-12-20(27)13-23(19)28/h3-13H,14-15H2,1-2H3,(H,30,33)/b29-17+. The molecule has 1 aromatic heterocycles. The zero-order valence-electron chi connectivity index (χ0n) is 18.7. The topological polar surface area (TPSA) is 76.3 Å². The molecule has 3 aromatic carbocycles. The number of nitrogens with zero attached hydrogens (tertiary/aromatic N) is 3. The van der Waals surface area contributed by atoms with Gasteiger partial charge in [0.15, 0.2) is 0 Å². The van der Waals surface area contributed by atoms with Gasteiger partial charge in [-0.25, -0.2) is 14.5 Å². The number of hydrogen-bond acceptors (Lipinski definition) is 4. The second-order valence-electron chi connectivity index (χ2n) is 7.97. The molecule has 34 heavy (non-hydrogen) atoms. The first-order valence-electron chi connectivity index (χ1n) is 10.6. The fraction of sp³-hybridized carbons (Fsp3) is 0.154. The van der Waals surface area contributed by atoms with Crippen LogP contribution in [0.3, 0.4) is 0 Å². The van der Waals surface area contributed by atoms with Gasteiger partial charge in [0.1, 0.15) is 5.82 Å². The highest BCUT2D eigenvalue weighted by Gasteiger charge is 2.15. The van der Waals surface area contributed by atoms with Crippen LogP contribution >= 0.6 is 15.9 Å². The van der Waals surface area contributed by atoms with E-state index >= 15 is 0 Å². The molecule has 6 nitrogen and oxygen atoms in total. The quantitative estimate of drug-likeness (QED) is 0.294. The summed E-state index contributed by atoms with van der Waals surface area (Å²) in [6.07, 6.45) is -0.0890. The lowest BCUT2D eigenvalue weighted by Gasteiger charge is -2.11. The lowest BCUT2D eigenvalue weighted by atomic mass is 10.1. The van der Waals surface area contributed by atoms with Crippen LogP contribution in [0, 0.1) is 12.7 Å².